The summed E-state index contributed by atoms with van der Waals surface area (Å²) >= 11 is 0. The third-order valence-corrected chi connectivity index (χ3v) is 6.13. The van der Waals surface area contributed by atoms with Crippen LogP contribution in [-0.4, -0.2) is 30.4 Å². The molecule has 0 heterocycles. The van der Waals surface area contributed by atoms with Crippen LogP contribution < -0.4 is 36.1 Å². The molecule has 0 saturated heterocycles. The Balaban J connectivity index is 1.58. The number of nitrogens with two attached hydrogens (primary N) is 1. The van der Waals surface area contributed by atoms with Crippen molar-refractivity contribution in [2.45, 2.75) is 32.9 Å². The van der Waals surface area contributed by atoms with Gasteiger partial charge in [-0.1, -0.05) is 36.4 Å². The number of para-hydroxylation sites is 2. The maximum absolute atomic E-state index is 13.6. The number of rotatable bonds is 12. The molecule has 6 N–H and O–H groups in total. The average Bonchev–Trinajstić information content (AvgIpc) is 3.00. The molecule has 0 aliphatic carbocycles. The zero-order chi connectivity index (χ0) is 30.8. The van der Waals surface area contributed by atoms with Gasteiger partial charge in [-0.15, -0.1) is 0 Å². The molecule has 10 nitrogen and oxygen atoms in total. The highest BCUT2D eigenvalue weighted by Crippen LogP contribution is 2.33. The van der Waals surface area contributed by atoms with Gasteiger partial charge in [0.25, 0.3) is 11.8 Å². The zero-order valence-electron chi connectivity index (χ0n) is 24.2. The van der Waals surface area contributed by atoms with E-state index in [1.54, 1.807) is 78.9 Å². The number of carbonyl (C=O) groups is 2. The lowest BCUT2D eigenvalue weighted by Crippen LogP contribution is -2.45. The fraction of sp³-hybridized carbons (Fsp3) is 0.182. The molecular weight excluding hydrogens is 546 g/mol. The highest BCUT2D eigenvalue weighted by molar-refractivity contribution is 5.99. The Bertz CT molecular complexity index is 1560. The number of anilines is 1. The number of ether oxygens (including phenoxy) is 3. The molecule has 0 aromatic heterocycles. The molecule has 0 fully saturated rings. The van der Waals surface area contributed by atoms with Crippen LogP contribution in [0.3, 0.4) is 0 Å². The molecular formula is C33H35N5O5. The van der Waals surface area contributed by atoms with Crippen molar-refractivity contribution in [3.63, 3.8) is 0 Å². The maximum Gasteiger partial charge on any atom is 0.273 e. The van der Waals surface area contributed by atoms with Crippen LogP contribution in [0.25, 0.3) is 0 Å². The Morgan fingerprint density at radius 3 is 2.21 bits per heavy atom. The second-order valence-electron chi connectivity index (χ2n) is 9.73. The van der Waals surface area contributed by atoms with Gasteiger partial charge >= 0.3 is 0 Å². The Morgan fingerprint density at radius 2 is 1.53 bits per heavy atom. The highest BCUT2D eigenvalue weighted by Gasteiger charge is 2.24. The molecule has 222 valence electrons. The maximum atomic E-state index is 13.6. The Labute approximate surface area is 250 Å². The number of nitrogens with one attached hydrogen (secondary N) is 4. The van der Waals surface area contributed by atoms with E-state index in [-0.39, 0.29) is 17.5 Å². The summed E-state index contributed by atoms with van der Waals surface area (Å²) in [6.07, 6.45) is -0.0778. The van der Waals surface area contributed by atoms with Crippen LogP contribution in [0.15, 0.2) is 97.1 Å². The number of nitrogen functional groups attached to an aromatic ring is 1. The van der Waals surface area contributed by atoms with Crippen LogP contribution in [0, 0.1) is 5.41 Å². The van der Waals surface area contributed by atoms with E-state index in [4.69, 9.17) is 25.4 Å². The van der Waals surface area contributed by atoms with Gasteiger partial charge in [0.2, 0.25) is 0 Å². The van der Waals surface area contributed by atoms with Gasteiger partial charge in [0.15, 0.2) is 11.5 Å². The average molecular weight is 582 g/mol. The first-order valence-electron chi connectivity index (χ1n) is 13.8. The third-order valence-electron chi connectivity index (χ3n) is 6.13. The van der Waals surface area contributed by atoms with Crippen molar-refractivity contribution in [2.75, 3.05) is 11.9 Å². The zero-order valence-corrected chi connectivity index (χ0v) is 24.2. The van der Waals surface area contributed by atoms with E-state index in [0.29, 0.717) is 46.4 Å². The van der Waals surface area contributed by atoms with Crippen LogP contribution in [0.1, 0.15) is 48.3 Å². The van der Waals surface area contributed by atoms with Gasteiger partial charge < -0.3 is 25.3 Å². The smallest absolute Gasteiger partial charge is 0.273 e. The monoisotopic (exact) mass is 581 g/mol. The Morgan fingerprint density at radius 1 is 0.837 bits per heavy atom. The minimum absolute atomic E-state index is 0.0674. The van der Waals surface area contributed by atoms with Crippen molar-refractivity contribution in [1.29, 1.82) is 5.41 Å². The van der Waals surface area contributed by atoms with E-state index in [1.807, 2.05) is 39.0 Å². The van der Waals surface area contributed by atoms with Crippen molar-refractivity contribution in [3.05, 3.63) is 114 Å². The summed E-state index contributed by atoms with van der Waals surface area (Å²) < 4.78 is 17.6. The molecule has 0 aliphatic heterocycles. The summed E-state index contributed by atoms with van der Waals surface area (Å²) in [6, 6.07) is 26.9. The molecule has 0 radical (unpaired) electrons. The number of carbonyl (C=O) groups excluding carboxylic acids is 2. The lowest BCUT2D eigenvalue weighted by Gasteiger charge is -2.22. The summed E-state index contributed by atoms with van der Waals surface area (Å²) in [5.74, 6) is 0.780. The van der Waals surface area contributed by atoms with Gasteiger partial charge in [-0.2, -0.15) is 0 Å². The molecule has 0 aliphatic rings. The Hall–Kier alpha value is -5.51. The van der Waals surface area contributed by atoms with Crippen molar-refractivity contribution in [3.8, 4) is 23.0 Å². The molecule has 4 rings (SSSR count). The largest absolute Gasteiger partial charge is 0.490 e. The van der Waals surface area contributed by atoms with E-state index in [0.717, 1.165) is 0 Å². The molecule has 2 amide bonds. The number of hydrogen-bond donors (Lipinski definition) is 5. The quantitative estimate of drug-likeness (QED) is 0.0835. The van der Waals surface area contributed by atoms with Crippen LogP contribution in [-0.2, 0) is 4.79 Å². The highest BCUT2D eigenvalue weighted by atomic mass is 16.5. The molecule has 4 aromatic carbocycles. The van der Waals surface area contributed by atoms with Crippen molar-refractivity contribution in [2.24, 2.45) is 5.73 Å². The first-order chi connectivity index (χ1) is 20.7. The normalized spacial score (nSPS) is 11.3. The van der Waals surface area contributed by atoms with Gasteiger partial charge in [-0.25, -0.2) is 0 Å². The van der Waals surface area contributed by atoms with Gasteiger partial charge in [0, 0.05) is 11.3 Å². The second kappa shape index (κ2) is 14.4. The minimum Gasteiger partial charge on any atom is -0.490 e. The number of benzene rings is 4. The van der Waals surface area contributed by atoms with Crippen LogP contribution >= 0.6 is 0 Å². The summed E-state index contributed by atoms with van der Waals surface area (Å²) in [5.41, 5.74) is 12.6. The fourth-order valence-electron chi connectivity index (χ4n) is 4.15. The molecule has 43 heavy (non-hydrogen) atoms. The predicted molar refractivity (Wildman–Crippen MR) is 166 cm³/mol. The van der Waals surface area contributed by atoms with Gasteiger partial charge in [-0.05, 0) is 87.0 Å². The lowest BCUT2D eigenvalue weighted by atomic mass is 10.0. The number of hydrazine groups is 1. The first kappa shape index (κ1) is 30.4. The van der Waals surface area contributed by atoms with E-state index in [1.165, 1.54) is 0 Å². The van der Waals surface area contributed by atoms with E-state index >= 15 is 0 Å². The van der Waals surface area contributed by atoms with Gasteiger partial charge in [0.1, 0.15) is 23.4 Å². The molecule has 0 saturated carbocycles. The predicted octanol–water partition coefficient (Wildman–Crippen LogP) is 5.56. The van der Waals surface area contributed by atoms with Crippen molar-refractivity contribution >= 4 is 23.3 Å². The number of amidine groups is 1. The summed E-state index contributed by atoms with van der Waals surface area (Å²) in [4.78, 5) is 26.8. The summed E-state index contributed by atoms with van der Waals surface area (Å²) in [6.45, 7) is 6.09. The molecule has 4 aromatic rings. The topological polar surface area (TPSA) is 148 Å². The fourth-order valence-corrected chi connectivity index (χ4v) is 4.15. The van der Waals surface area contributed by atoms with E-state index in [2.05, 4.69) is 16.2 Å². The van der Waals surface area contributed by atoms with E-state index < -0.39 is 17.9 Å². The summed E-state index contributed by atoms with van der Waals surface area (Å²) in [7, 11) is 0. The van der Waals surface area contributed by atoms with Crippen molar-refractivity contribution < 1.29 is 23.8 Å². The molecule has 0 bridgehead atoms. The number of hydrogen-bond acceptors (Lipinski definition) is 7. The lowest BCUT2D eigenvalue weighted by molar-refractivity contribution is -0.122. The molecule has 1 atom stereocenters. The number of amides is 2. The molecule has 0 spiro atoms. The molecule has 1 unspecified atom stereocenters. The second-order valence-corrected chi connectivity index (χ2v) is 9.73. The van der Waals surface area contributed by atoms with Gasteiger partial charge in [-0.3, -0.25) is 25.8 Å². The van der Waals surface area contributed by atoms with E-state index in [9.17, 15) is 9.59 Å². The van der Waals surface area contributed by atoms with Crippen LogP contribution in [0.4, 0.5) is 5.69 Å². The summed E-state index contributed by atoms with van der Waals surface area (Å²) in [5, 5.41) is 10.8. The van der Waals surface area contributed by atoms with Crippen LogP contribution in [0.5, 0.6) is 23.0 Å². The SMILES string of the molecule is CCOc1cc(C(Nc2ccc(C(=N)N)cc2)C(=O)NNC(=O)c2ccccc2Oc2ccccc2)ccc1OC(C)C. The van der Waals surface area contributed by atoms with Crippen molar-refractivity contribution in [1.82, 2.24) is 10.9 Å². The minimum atomic E-state index is -0.952. The third kappa shape index (κ3) is 8.26. The van der Waals surface area contributed by atoms with Gasteiger partial charge in [0.05, 0.1) is 18.3 Å². The standard InChI is InChI=1S/C33H35N5O5/c1-4-41-29-20-23(16-19-28(29)42-21(2)3)30(36-24-17-14-22(15-18-24)31(34)35)33(40)38-37-32(39)26-12-8-9-13-27(26)43-25-10-6-5-7-11-25/h5-21,30,36H,4H2,1-3H3,(H3,34,35)(H,37,39)(H,38,40). The molecule has 10 heteroatoms. The first-order valence-corrected chi connectivity index (χ1v) is 13.8. The van der Waals surface area contributed by atoms with Crippen LogP contribution in [0.2, 0.25) is 0 Å². The Kier molecular flexibility index (Phi) is 10.2.